The summed E-state index contributed by atoms with van der Waals surface area (Å²) in [5.74, 6) is 1.38. The summed E-state index contributed by atoms with van der Waals surface area (Å²) in [6.07, 6.45) is 15.3. The minimum atomic E-state index is -1.15. The van der Waals surface area contributed by atoms with E-state index in [4.69, 9.17) is 23.2 Å². The van der Waals surface area contributed by atoms with Crippen molar-refractivity contribution in [3.8, 4) is 0 Å². The number of carbonyl (C=O) groups is 3. The Labute approximate surface area is 401 Å². The third kappa shape index (κ3) is 9.45. The van der Waals surface area contributed by atoms with Crippen LogP contribution in [0.25, 0.3) is 5.32 Å². The van der Waals surface area contributed by atoms with Gasteiger partial charge in [-0.2, -0.15) is 0 Å². The number of aliphatic hydroxyl groups is 1. The summed E-state index contributed by atoms with van der Waals surface area (Å²) in [7, 11) is 0. The van der Waals surface area contributed by atoms with Crippen molar-refractivity contribution in [3.05, 3.63) is 92.6 Å². The van der Waals surface area contributed by atoms with Gasteiger partial charge in [-0.3, -0.25) is 25.0 Å². The first-order valence-electron chi connectivity index (χ1n) is 23.5. The molecule has 2 aromatic carbocycles. The largest absolute Gasteiger partial charge is 0.662 e. The SMILES string of the molecule is O=C1CCC(c2ccnc(N3CCC(CN4CCC(CC5CC[N-]CC5)CC4)CC3)c2)C(=O)N1.O=C1Nc2cc(Cl)ccc2[C@@]12C(c1cccc(Cl)c1F)C(O)NC21CCCCC1.[W]. The molecule has 6 aliphatic heterocycles. The molecule has 3 amide bonds. The summed E-state index contributed by atoms with van der Waals surface area (Å²) in [5.41, 5.74) is 0.768. The van der Waals surface area contributed by atoms with Crippen molar-refractivity contribution in [2.45, 2.75) is 119 Å². The Morgan fingerprint density at radius 3 is 2.30 bits per heavy atom. The van der Waals surface area contributed by atoms with Gasteiger partial charge < -0.3 is 25.5 Å². The molecule has 1 aliphatic carbocycles. The number of nitrogens with zero attached hydrogens (tertiary/aromatic N) is 4. The first kappa shape index (κ1) is 47.5. The van der Waals surface area contributed by atoms with Crippen molar-refractivity contribution in [1.29, 1.82) is 0 Å². The number of imide groups is 1. The van der Waals surface area contributed by atoms with E-state index in [0.717, 1.165) is 93.0 Å². The molecule has 5 saturated heterocycles. The monoisotopic (exact) mass is 1080 g/mol. The second kappa shape index (κ2) is 20.5. The number of anilines is 2. The van der Waals surface area contributed by atoms with Crippen LogP contribution in [0.2, 0.25) is 10.0 Å². The Hall–Kier alpha value is -2.96. The fourth-order valence-electron chi connectivity index (χ4n) is 12.4. The topological polar surface area (TPSA) is 141 Å². The number of fused-ring (bicyclic) bond motifs is 3. The van der Waals surface area contributed by atoms with Crippen LogP contribution in [0.5, 0.6) is 0 Å². The van der Waals surface area contributed by atoms with Gasteiger partial charge in [-0.05, 0) is 129 Å². The fraction of sp³-hybridized carbons (Fsp3) is 0.592. The predicted molar refractivity (Wildman–Crippen MR) is 245 cm³/mol. The molecule has 1 saturated carbocycles. The quantitative estimate of drug-likeness (QED) is 0.173. The molecule has 0 bridgehead atoms. The molecule has 344 valence electrons. The van der Waals surface area contributed by atoms with Crippen LogP contribution >= 0.6 is 23.2 Å². The van der Waals surface area contributed by atoms with Crippen molar-refractivity contribution < 1.29 is 44.9 Å². The average Bonchev–Trinajstić information content (AvgIpc) is 3.71. The van der Waals surface area contributed by atoms with Crippen molar-refractivity contribution in [2.24, 2.45) is 17.8 Å². The zero-order valence-electron chi connectivity index (χ0n) is 36.5. The minimum absolute atomic E-state index is 0. The predicted octanol–water partition coefficient (Wildman–Crippen LogP) is 8.43. The van der Waals surface area contributed by atoms with E-state index in [2.05, 4.69) is 42.1 Å². The fourth-order valence-corrected chi connectivity index (χ4v) is 12.8. The van der Waals surface area contributed by atoms with Gasteiger partial charge in [-0.1, -0.05) is 73.5 Å². The molecule has 11 nitrogen and oxygen atoms in total. The van der Waals surface area contributed by atoms with Crippen molar-refractivity contribution >= 4 is 52.4 Å². The third-order valence-corrected chi connectivity index (χ3v) is 16.2. The number of amides is 3. The number of halogens is 3. The van der Waals surface area contributed by atoms with Crippen LogP contribution < -0.4 is 20.9 Å². The van der Waals surface area contributed by atoms with Gasteiger partial charge in [0.2, 0.25) is 17.7 Å². The van der Waals surface area contributed by atoms with Crippen molar-refractivity contribution in [1.82, 2.24) is 20.5 Å². The van der Waals surface area contributed by atoms with Gasteiger partial charge in [0.25, 0.3) is 0 Å². The maximum absolute atomic E-state index is 15.2. The number of hydrogen-bond donors (Lipinski definition) is 4. The number of pyridine rings is 1. The van der Waals surface area contributed by atoms with E-state index in [9.17, 15) is 19.5 Å². The van der Waals surface area contributed by atoms with Crippen LogP contribution in [-0.2, 0) is 40.9 Å². The molecule has 6 fully saturated rings. The van der Waals surface area contributed by atoms with Crippen LogP contribution in [0.1, 0.15) is 118 Å². The van der Waals surface area contributed by atoms with Gasteiger partial charge in [0.15, 0.2) is 0 Å². The van der Waals surface area contributed by atoms with Crippen molar-refractivity contribution in [2.75, 3.05) is 56.0 Å². The zero-order chi connectivity index (χ0) is 43.7. The van der Waals surface area contributed by atoms with Crippen LogP contribution in [-0.4, -0.2) is 90.3 Å². The molecular formula is C49H61Cl2FN7O4W-. The summed E-state index contributed by atoms with van der Waals surface area (Å²) < 4.78 is 15.2. The Balaban J connectivity index is 0.000000174. The average molecular weight is 1090 g/mol. The van der Waals surface area contributed by atoms with Crippen LogP contribution in [0.4, 0.5) is 15.9 Å². The minimum Gasteiger partial charge on any atom is -0.662 e. The van der Waals surface area contributed by atoms with Gasteiger partial charge in [0, 0.05) is 75.5 Å². The number of hydrogen-bond acceptors (Lipinski definition) is 8. The van der Waals surface area contributed by atoms with E-state index in [1.165, 1.54) is 70.6 Å². The van der Waals surface area contributed by atoms with E-state index in [1.807, 2.05) is 18.3 Å². The Bertz CT molecular complexity index is 2160. The maximum atomic E-state index is 15.2. The molecule has 4 N–H and O–H groups in total. The number of rotatable bonds is 7. The van der Waals surface area contributed by atoms with Gasteiger partial charge >= 0.3 is 0 Å². The number of aliphatic hydroxyl groups excluding tert-OH is 1. The smallest absolute Gasteiger partial charge is 0.237 e. The molecule has 15 heteroatoms. The molecule has 10 rings (SSSR count). The molecule has 1 aromatic heterocycles. The summed E-state index contributed by atoms with van der Waals surface area (Å²) in [6, 6.07) is 14.0. The van der Waals surface area contributed by atoms with Crippen LogP contribution in [0.15, 0.2) is 54.7 Å². The summed E-state index contributed by atoms with van der Waals surface area (Å²) >= 11 is 12.3. The van der Waals surface area contributed by atoms with E-state index in [-0.39, 0.29) is 55.3 Å². The number of carbonyl (C=O) groups excluding carboxylic acids is 3. The molecule has 64 heavy (non-hydrogen) atoms. The first-order valence-corrected chi connectivity index (χ1v) is 24.2. The Kier molecular flexibility index (Phi) is 15.2. The molecule has 0 radical (unpaired) electrons. The standard InChI is InChI=1S/C27H40N5O2.C22H21Cl2FN2O2.W/c33-26-2-1-24(27(34)30-26)23-5-12-29-25(18-23)32-15-8-22(9-16-32)19-31-13-6-21(7-14-31)17-20-3-10-28-11-4-20;23-12-7-8-14-16(11-12)26-20(29)22(14)17(13-5-4-6-15(24)18(13)25)19(28)27-21(22)9-2-1-3-10-21;/h5,12,18,20-22,24H,1-4,6-11,13-17,19H2,(H,30,33,34);4-8,11,17,19,27-28H,1-3,9-10H2,(H,26,29);/q-1;;/t;17?,19?,22-;/m.1./s1. The first-order chi connectivity index (χ1) is 30.5. The van der Waals surface area contributed by atoms with Gasteiger partial charge in [0.1, 0.15) is 23.3 Å². The molecule has 2 spiro atoms. The number of aromatic nitrogens is 1. The number of likely N-dealkylation sites (tertiary alicyclic amines) is 1. The van der Waals surface area contributed by atoms with E-state index >= 15 is 4.39 Å². The molecule has 4 atom stereocenters. The molecule has 3 aromatic rings. The summed E-state index contributed by atoms with van der Waals surface area (Å²) in [5, 5.41) is 24.9. The maximum Gasteiger partial charge on any atom is 0.237 e. The second-order valence-electron chi connectivity index (χ2n) is 19.3. The van der Waals surface area contributed by atoms with Gasteiger partial charge in [-0.15, -0.1) is 13.1 Å². The number of benzene rings is 2. The zero-order valence-corrected chi connectivity index (χ0v) is 41.0. The van der Waals surface area contributed by atoms with Gasteiger partial charge in [0.05, 0.1) is 10.9 Å². The van der Waals surface area contributed by atoms with Crippen LogP contribution in [0, 0.1) is 23.6 Å². The second-order valence-corrected chi connectivity index (χ2v) is 20.1. The molecule has 7 aliphatic rings. The summed E-state index contributed by atoms with van der Waals surface area (Å²) in [6.45, 7) is 8.04. The van der Waals surface area contributed by atoms with E-state index < -0.39 is 28.9 Å². The van der Waals surface area contributed by atoms with Gasteiger partial charge in [-0.25, -0.2) is 9.37 Å². The van der Waals surface area contributed by atoms with Crippen LogP contribution in [0.3, 0.4) is 0 Å². The van der Waals surface area contributed by atoms with E-state index in [0.29, 0.717) is 23.6 Å². The number of piperidine rings is 4. The Morgan fingerprint density at radius 1 is 0.844 bits per heavy atom. The van der Waals surface area contributed by atoms with Crippen molar-refractivity contribution in [3.63, 3.8) is 0 Å². The molecular weight excluding hydrogens is 1020 g/mol. The third-order valence-electron chi connectivity index (χ3n) is 15.6. The Morgan fingerprint density at radius 2 is 1.56 bits per heavy atom. The molecule has 7 heterocycles. The van der Waals surface area contributed by atoms with E-state index in [1.54, 1.807) is 24.3 Å². The summed E-state index contributed by atoms with van der Waals surface area (Å²) in [4.78, 5) is 47.1. The molecule has 3 unspecified atom stereocenters. The number of nitrogens with one attached hydrogen (secondary N) is 3. The normalized spacial score (nSPS) is 27.7.